The Balaban J connectivity index is 2.10. The van der Waals surface area contributed by atoms with Gasteiger partial charge in [0.2, 0.25) is 0 Å². The summed E-state index contributed by atoms with van der Waals surface area (Å²) in [6.45, 7) is 2.76. The Morgan fingerprint density at radius 2 is 2.17 bits per heavy atom. The summed E-state index contributed by atoms with van der Waals surface area (Å²) in [6.07, 6.45) is 5.04. The Morgan fingerprint density at radius 1 is 1.50 bits per heavy atom. The van der Waals surface area contributed by atoms with Crippen molar-refractivity contribution in [3.05, 3.63) is 0 Å². The van der Waals surface area contributed by atoms with Gasteiger partial charge in [0.05, 0.1) is 5.60 Å². The lowest BCUT2D eigenvalue weighted by atomic mass is 9.67. The Kier molecular flexibility index (Phi) is 1.95. The van der Waals surface area contributed by atoms with Crippen LogP contribution in [-0.2, 0) is 9.53 Å². The van der Waals surface area contributed by atoms with Crippen LogP contribution < -0.4 is 0 Å². The summed E-state index contributed by atoms with van der Waals surface area (Å²) < 4.78 is 5.71. The standard InChI is InChI=1S/C10H16O2/c1-2-12-10-5-3-8(4-6-10)9(11)7-10/h8H,2-7H2,1H3. The molecule has 2 heteroatoms. The number of hydrogen-bond acceptors (Lipinski definition) is 2. The lowest BCUT2D eigenvalue weighted by molar-refractivity contribution is -0.150. The molecular weight excluding hydrogens is 152 g/mol. The van der Waals surface area contributed by atoms with Gasteiger partial charge in [-0.3, -0.25) is 4.79 Å². The second-order valence-electron chi connectivity index (χ2n) is 4.03. The fourth-order valence-corrected chi connectivity index (χ4v) is 2.61. The summed E-state index contributed by atoms with van der Waals surface area (Å²) in [6, 6.07) is 0. The monoisotopic (exact) mass is 168 g/mol. The van der Waals surface area contributed by atoms with Crippen molar-refractivity contribution in [3.63, 3.8) is 0 Å². The zero-order chi connectivity index (χ0) is 8.60. The summed E-state index contributed by atoms with van der Waals surface area (Å²) >= 11 is 0. The summed E-state index contributed by atoms with van der Waals surface area (Å²) in [4.78, 5) is 11.5. The van der Waals surface area contributed by atoms with Crippen molar-refractivity contribution >= 4 is 5.78 Å². The second-order valence-corrected chi connectivity index (χ2v) is 4.03. The maximum absolute atomic E-state index is 11.5. The first-order chi connectivity index (χ1) is 5.76. The molecule has 0 atom stereocenters. The van der Waals surface area contributed by atoms with Gasteiger partial charge in [0.1, 0.15) is 5.78 Å². The third-order valence-corrected chi connectivity index (χ3v) is 3.30. The van der Waals surface area contributed by atoms with E-state index in [1.165, 1.54) is 0 Å². The first-order valence-corrected chi connectivity index (χ1v) is 4.92. The SMILES string of the molecule is CCOC12CCC(CC1)C(=O)C2. The molecule has 0 aromatic heterocycles. The molecule has 12 heavy (non-hydrogen) atoms. The maximum Gasteiger partial charge on any atom is 0.138 e. The third-order valence-electron chi connectivity index (χ3n) is 3.30. The van der Waals surface area contributed by atoms with E-state index < -0.39 is 0 Å². The van der Waals surface area contributed by atoms with E-state index >= 15 is 0 Å². The molecule has 3 saturated carbocycles. The van der Waals surface area contributed by atoms with Gasteiger partial charge >= 0.3 is 0 Å². The fourth-order valence-electron chi connectivity index (χ4n) is 2.61. The van der Waals surface area contributed by atoms with Gasteiger partial charge in [-0.2, -0.15) is 0 Å². The van der Waals surface area contributed by atoms with Crippen LogP contribution >= 0.6 is 0 Å². The molecule has 0 aromatic rings. The van der Waals surface area contributed by atoms with E-state index in [1.807, 2.05) is 6.92 Å². The highest BCUT2D eigenvalue weighted by atomic mass is 16.5. The van der Waals surface area contributed by atoms with Crippen molar-refractivity contribution in [2.75, 3.05) is 6.61 Å². The topological polar surface area (TPSA) is 26.3 Å². The smallest absolute Gasteiger partial charge is 0.138 e. The first-order valence-electron chi connectivity index (χ1n) is 4.92. The van der Waals surface area contributed by atoms with Gasteiger partial charge in [0.25, 0.3) is 0 Å². The average Bonchev–Trinajstić information content (AvgIpc) is 2.05. The number of ketones is 1. The van der Waals surface area contributed by atoms with Crippen molar-refractivity contribution in [2.45, 2.75) is 44.6 Å². The van der Waals surface area contributed by atoms with E-state index in [0.717, 1.165) is 32.3 Å². The summed E-state index contributed by atoms with van der Waals surface area (Å²) in [5, 5.41) is 0. The van der Waals surface area contributed by atoms with Crippen molar-refractivity contribution < 1.29 is 9.53 Å². The summed E-state index contributed by atoms with van der Waals surface area (Å²) in [5.74, 6) is 0.827. The number of carbonyl (C=O) groups is 1. The van der Waals surface area contributed by atoms with Gasteiger partial charge in [-0.1, -0.05) is 0 Å². The van der Waals surface area contributed by atoms with Gasteiger partial charge in [0, 0.05) is 18.9 Å². The summed E-state index contributed by atoms with van der Waals surface area (Å²) in [7, 11) is 0. The number of Topliss-reactive ketones (excluding diaryl/α,β-unsaturated/α-hetero) is 1. The van der Waals surface area contributed by atoms with Crippen molar-refractivity contribution in [1.29, 1.82) is 0 Å². The summed E-state index contributed by atoms with van der Waals surface area (Å²) in [5.41, 5.74) is -0.0411. The molecule has 0 N–H and O–H groups in total. The van der Waals surface area contributed by atoms with Gasteiger partial charge < -0.3 is 4.74 Å². The van der Waals surface area contributed by atoms with Crippen LogP contribution in [-0.4, -0.2) is 18.0 Å². The van der Waals surface area contributed by atoms with E-state index in [1.54, 1.807) is 0 Å². The number of fused-ring (bicyclic) bond motifs is 3. The Labute approximate surface area is 73.3 Å². The molecule has 0 saturated heterocycles. The fraction of sp³-hybridized carbons (Fsp3) is 0.900. The Hall–Kier alpha value is -0.370. The van der Waals surface area contributed by atoms with Gasteiger partial charge in [-0.25, -0.2) is 0 Å². The molecule has 0 aliphatic heterocycles. The molecule has 0 unspecified atom stereocenters. The zero-order valence-electron chi connectivity index (χ0n) is 7.64. The van der Waals surface area contributed by atoms with Crippen molar-refractivity contribution in [1.82, 2.24) is 0 Å². The molecule has 3 aliphatic carbocycles. The number of hydrogen-bond donors (Lipinski definition) is 0. The van der Waals surface area contributed by atoms with E-state index in [4.69, 9.17) is 4.74 Å². The van der Waals surface area contributed by atoms with Crippen molar-refractivity contribution in [3.8, 4) is 0 Å². The molecule has 3 fully saturated rings. The highest BCUT2D eigenvalue weighted by Crippen LogP contribution is 2.44. The minimum atomic E-state index is -0.0411. The molecule has 0 amide bonds. The first kappa shape index (κ1) is 8.24. The second kappa shape index (κ2) is 2.84. The van der Waals surface area contributed by atoms with Gasteiger partial charge in [0.15, 0.2) is 0 Å². The molecule has 0 heterocycles. The normalized spacial score (nSPS) is 40.4. The van der Waals surface area contributed by atoms with Crippen LogP contribution in [0.1, 0.15) is 39.0 Å². The van der Waals surface area contributed by atoms with Crippen LogP contribution in [0.5, 0.6) is 0 Å². The molecule has 2 nitrogen and oxygen atoms in total. The predicted molar refractivity (Wildman–Crippen MR) is 45.9 cm³/mol. The van der Waals surface area contributed by atoms with Crippen LogP contribution in [0.15, 0.2) is 0 Å². The minimum absolute atomic E-state index is 0.0411. The van der Waals surface area contributed by atoms with E-state index in [0.29, 0.717) is 18.1 Å². The highest BCUT2D eigenvalue weighted by molar-refractivity contribution is 5.83. The van der Waals surface area contributed by atoms with Crippen LogP contribution in [0.25, 0.3) is 0 Å². The number of rotatable bonds is 2. The maximum atomic E-state index is 11.5. The van der Waals surface area contributed by atoms with E-state index in [-0.39, 0.29) is 5.60 Å². The molecule has 68 valence electrons. The molecule has 0 radical (unpaired) electrons. The Morgan fingerprint density at radius 3 is 2.67 bits per heavy atom. The Bertz CT molecular complexity index is 185. The van der Waals surface area contributed by atoms with Crippen LogP contribution in [0.4, 0.5) is 0 Å². The van der Waals surface area contributed by atoms with Gasteiger partial charge in [-0.05, 0) is 32.6 Å². The van der Waals surface area contributed by atoms with Crippen molar-refractivity contribution in [2.24, 2.45) is 5.92 Å². The van der Waals surface area contributed by atoms with E-state index in [9.17, 15) is 4.79 Å². The largest absolute Gasteiger partial charge is 0.375 e. The number of carbonyl (C=O) groups excluding carboxylic acids is 1. The molecular formula is C10H16O2. The molecule has 2 bridgehead atoms. The van der Waals surface area contributed by atoms with Crippen LogP contribution in [0.3, 0.4) is 0 Å². The van der Waals surface area contributed by atoms with Crippen LogP contribution in [0.2, 0.25) is 0 Å². The predicted octanol–water partition coefficient (Wildman–Crippen LogP) is 1.92. The number of ether oxygens (including phenoxy) is 1. The molecule has 3 aliphatic rings. The van der Waals surface area contributed by atoms with Crippen LogP contribution in [0, 0.1) is 5.92 Å². The average molecular weight is 168 g/mol. The zero-order valence-corrected chi connectivity index (χ0v) is 7.64. The minimum Gasteiger partial charge on any atom is -0.375 e. The molecule has 0 aromatic carbocycles. The molecule has 3 rings (SSSR count). The van der Waals surface area contributed by atoms with E-state index in [2.05, 4.69) is 0 Å². The highest BCUT2D eigenvalue weighted by Gasteiger charge is 2.45. The lowest BCUT2D eigenvalue weighted by Gasteiger charge is -2.44. The lowest BCUT2D eigenvalue weighted by Crippen LogP contribution is -2.47. The van der Waals surface area contributed by atoms with Gasteiger partial charge in [-0.15, -0.1) is 0 Å². The quantitative estimate of drug-likeness (QED) is 0.629. The molecule has 0 spiro atoms. The third kappa shape index (κ3) is 1.18.